The van der Waals surface area contributed by atoms with Crippen LogP contribution in [0.4, 0.5) is 0 Å². The highest BCUT2D eigenvalue weighted by Gasteiger charge is 2.20. The fraction of sp³-hybridized carbons (Fsp3) is 0. The van der Waals surface area contributed by atoms with E-state index in [2.05, 4.69) is 138 Å². The summed E-state index contributed by atoms with van der Waals surface area (Å²) in [6.07, 6.45) is 0. The Hall–Kier alpha value is -7.41. The molecule has 0 amide bonds. The number of fused-ring (bicyclic) bond motifs is 9. The monoisotopic (exact) mass is 746 g/mol. The molecule has 0 fully saturated rings. The van der Waals surface area contributed by atoms with Crippen LogP contribution in [0.2, 0.25) is 0 Å². The van der Waals surface area contributed by atoms with Gasteiger partial charge in [0.15, 0.2) is 17.5 Å². The first-order valence-electron chi connectivity index (χ1n) is 19.0. The fourth-order valence-corrected chi connectivity index (χ4v) is 9.72. The van der Waals surface area contributed by atoms with Crippen LogP contribution in [-0.4, -0.2) is 19.5 Å². The molecule has 12 rings (SSSR count). The second-order valence-electron chi connectivity index (χ2n) is 14.4. The van der Waals surface area contributed by atoms with Gasteiger partial charge in [-0.15, -0.1) is 11.3 Å². The predicted octanol–water partition coefficient (Wildman–Crippen LogP) is 13.9. The zero-order chi connectivity index (χ0) is 37.5. The summed E-state index contributed by atoms with van der Waals surface area (Å²) in [4.78, 5) is 15.2. The van der Waals surface area contributed by atoms with Crippen LogP contribution in [-0.2, 0) is 0 Å². The third-order valence-corrected chi connectivity index (χ3v) is 12.3. The van der Waals surface area contributed by atoms with Gasteiger partial charge in [-0.25, -0.2) is 15.0 Å². The van der Waals surface area contributed by atoms with Gasteiger partial charge in [0.25, 0.3) is 0 Å². The number of furan rings is 1. The molecule has 0 saturated carbocycles. The lowest BCUT2D eigenvalue weighted by molar-refractivity contribution is 0.669. The van der Waals surface area contributed by atoms with Gasteiger partial charge in [0.1, 0.15) is 11.2 Å². The highest BCUT2D eigenvalue weighted by atomic mass is 32.1. The molecule has 4 heterocycles. The molecule has 8 aromatic carbocycles. The Kier molecular flexibility index (Phi) is 7.03. The molecule has 0 N–H and O–H groups in total. The van der Waals surface area contributed by atoms with Crippen LogP contribution >= 0.6 is 11.3 Å². The van der Waals surface area contributed by atoms with Crippen LogP contribution in [0.3, 0.4) is 0 Å². The summed E-state index contributed by atoms with van der Waals surface area (Å²) < 4.78 is 10.9. The Morgan fingerprint density at radius 1 is 0.368 bits per heavy atom. The van der Waals surface area contributed by atoms with Gasteiger partial charge in [-0.3, -0.25) is 0 Å². The lowest BCUT2D eigenvalue weighted by Crippen LogP contribution is -2.00. The molecule has 12 aromatic rings. The molecular weight excluding hydrogens is 717 g/mol. The van der Waals surface area contributed by atoms with Crippen molar-refractivity contribution in [2.45, 2.75) is 0 Å². The highest BCUT2D eigenvalue weighted by Crippen LogP contribution is 2.44. The summed E-state index contributed by atoms with van der Waals surface area (Å²) in [5.74, 6) is 1.97. The molecule has 0 aliphatic heterocycles. The van der Waals surface area contributed by atoms with Crippen molar-refractivity contribution in [3.05, 3.63) is 182 Å². The Balaban J connectivity index is 1.05. The number of aromatic nitrogens is 4. The second-order valence-corrected chi connectivity index (χ2v) is 15.4. The molecule has 0 spiro atoms. The maximum Gasteiger partial charge on any atom is 0.165 e. The second kappa shape index (κ2) is 12.6. The minimum atomic E-state index is 0.654. The lowest BCUT2D eigenvalue weighted by atomic mass is 10.0. The van der Waals surface area contributed by atoms with Crippen LogP contribution in [0.5, 0.6) is 0 Å². The van der Waals surface area contributed by atoms with Crippen molar-refractivity contribution in [3.63, 3.8) is 0 Å². The standard InChI is InChI=1S/C51H30N4OS/c1-3-13-31(14-4-1)49-52-50(32-15-5-2-6-16-32)54-51(53-49)39-21-11-19-37-38-20-12-23-44(48(38)57-47(37)39)55-42-22-9-7-17-35(42)40-29-33(25-27-43(40)55)34-26-28-46-41(30-34)36-18-8-10-24-45(36)56-46/h1-30H. The zero-order valence-corrected chi connectivity index (χ0v) is 31.2. The molecule has 0 aliphatic carbocycles. The van der Waals surface area contributed by atoms with E-state index < -0.39 is 0 Å². The van der Waals surface area contributed by atoms with Gasteiger partial charge in [-0.2, -0.15) is 0 Å². The van der Waals surface area contributed by atoms with Crippen LogP contribution in [0.25, 0.3) is 115 Å². The number of hydrogen-bond acceptors (Lipinski definition) is 5. The average Bonchev–Trinajstić information content (AvgIpc) is 3.96. The SMILES string of the molecule is c1ccc(-c2nc(-c3ccccc3)nc(-c3cccc4c3sc3c(-n5c6ccccc6c6cc(-c7ccc8oc9ccccc9c8c7)ccc65)cccc34)n2)cc1. The van der Waals surface area contributed by atoms with Crippen LogP contribution in [0, 0.1) is 0 Å². The van der Waals surface area contributed by atoms with Crippen molar-refractivity contribution in [2.75, 3.05) is 0 Å². The minimum absolute atomic E-state index is 0.654. The lowest BCUT2D eigenvalue weighted by Gasteiger charge is -2.10. The van der Waals surface area contributed by atoms with Crippen molar-refractivity contribution in [1.29, 1.82) is 0 Å². The fourth-order valence-electron chi connectivity index (χ4n) is 8.40. The average molecular weight is 747 g/mol. The molecular formula is C51H30N4OS. The van der Waals surface area contributed by atoms with Gasteiger partial charge in [0.2, 0.25) is 0 Å². The largest absolute Gasteiger partial charge is 0.456 e. The molecule has 0 bridgehead atoms. The van der Waals surface area contributed by atoms with Crippen molar-refractivity contribution >= 4 is 75.3 Å². The molecule has 4 aromatic heterocycles. The Bertz CT molecular complexity index is 3470. The summed E-state index contributed by atoms with van der Waals surface area (Å²) in [5.41, 5.74) is 10.5. The van der Waals surface area contributed by atoms with E-state index in [-0.39, 0.29) is 0 Å². The van der Waals surface area contributed by atoms with E-state index in [1.807, 2.05) is 48.5 Å². The van der Waals surface area contributed by atoms with Gasteiger partial charge in [-0.1, -0.05) is 133 Å². The van der Waals surface area contributed by atoms with Crippen LogP contribution in [0.1, 0.15) is 0 Å². The maximum absolute atomic E-state index is 6.15. The molecule has 0 unspecified atom stereocenters. The van der Waals surface area contributed by atoms with E-state index in [4.69, 9.17) is 19.4 Å². The Morgan fingerprint density at radius 3 is 1.70 bits per heavy atom. The predicted molar refractivity (Wildman–Crippen MR) is 236 cm³/mol. The summed E-state index contributed by atoms with van der Waals surface area (Å²) in [6, 6.07) is 63.8. The number of rotatable bonds is 5. The Morgan fingerprint density at radius 2 is 0.930 bits per heavy atom. The van der Waals surface area contributed by atoms with Crippen molar-refractivity contribution in [2.24, 2.45) is 0 Å². The van der Waals surface area contributed by atoms with Crippen LogP contribution < -0.4 is 0 Å². The van der Waals surface area contributed by atoms with E-state index >= 15 is 0 Å². The van der Waals surface area contributed by atoms with E-state index in [9.17, 15) is 0 Å². The molecule has 0 atom stereocenters. The van der Waals surface area contributed by atoms with Gasteiger partial charge >= 0.3 is 0 Å². The molecule has 266 valence electrons. The first-order chi connectivity index (χ1) is 28.2. The summed E-state index contributed by atoms with van der Waals surface area (Å²) in [7, 11) is 0. The van der Waals surface area contributed by atoms with Crippen molar-refractivity contribution < 1.29 is 4.42 Å². The van der Waals surface area contributed by atoms with E-state index in [1.54, 1.807) is 11.3 Å². The number of para-hydroxylation sites is 2. The van der Waals surface area contributed by atoms with E-state index in [1.165, 1.54) is 37.3 Å². The summed E-state index contributed by atoms with van der Waals surface area (Å²) in [6.45, 7) is 0. The smallest absolute Gasteiger partial charge is 0.165 e. The third kappa shape index (κ3) is 5.04. The maximum atomic E-state index is 6.15. The zero-order valence-electron chi connectivity index (χ0n) is 30.4. The quantitative estimate of drug-likeness (QED) is 0.176. The highest BCUT2D eigenvalue weighted by molar-refractivity contribution is 7.26. The molecule has 5 nitrogen and oxygen atoms in total. The number of hydrogen-bond donors (Lipinski definition) is 0. The van der Waals surface area contributed by atoms with Gasteiger partial charge in [0, 0.05) is 53.7 Å². The third-order valence-electron chi connectivity index (χ3n) is 11.1. The van der Waals surface area contributed by atoms with Gasteiger partial charge < -0.3 is 8.98 Å². The molecule has 6 heteroatoms. The van der Waals surface area contributed by atoms with Gasteiger partial charge in [0.05, 0.1) is 21.4 Å². The summed E-state index contributed by atoms with van der Waals surface area (Å²) >= 11 is 1.80. The number of benzene rings is 8. The first-order valence-corrected chi connectivity index (χ1v) is 19.8. The normalized spacial score (nSPS) is 11.9. The molecule has 57 heavy (non-hydrogen) atoms. The number of thiophene rings is 1. The topological polar surface area (TPSA) is 56.7 Å². The number of nitrogens with zero attached hydrogens (tertiary/aromatic N) is 4. The molecule has 0 saturated heterocycles. The minimum Gasteiger partial charge on any atom is -0.456 e. The molecule has 0 aliphatic rings. The van der Waals surface area contributed by atoms with Crippen LogP contribution in [0.15, 0.2) is 186 Å². The van der Waals surface area contributed by atoms with Crippen molar-refractivity contribution in [3.8, 4) is 51.0 Å². The first kappa shape index (κ1) is 31.9. The van der Waals surface area contributed by atoms with Crippen molar-refractivity contribution in [1.82, 2.24) is 19.5 Å². The molecule has 0 radical (unpaired) electrons. The van der Waals surface area contributed by atoms with E-state index in [0.717, 1.165) is 60.1 Å². The summed E-state index contributed by atoms with van der Waals surface area (Å²) in [5, 5.41) is 7.09. The Labute approximate surface area is 330 Å². The van der Waals surface area contributed by atoms with E-state index in [0.29, 0.717) is 17.5 Å². The van der Waals surface area contributed by atoms with Gasteiger partial charge in [-0.05, 0) is 59.7 Å².